The zero-order chi connectivity index (χ0) is 13.8. The molecule has 0 saturated carbocycles. The number of benzene rings is 1. The lowest BCUT2D eigenvalue weighted by atomic mass is 10.1. The van der Waals surface area contributed by atoms with Crippen LogP contribution in [0.2, 0.25) is 0 Å². The topological polar surface area (TPSA) is 74.7 Å². The zero-order valence-electron chi connectivity index (χ0n) is 10.2. The fourth-order valence-corrected chi connectivity index (χ4v) is 2.65. The zero-order valence-corrected chi connectivity index (χ0v) is 12.6. The van der Waals surface area contributed by atoms with E-state index < -0.39 is 0 Å². The molecule has 0 atom stereocenters. The van der Waals surface area contributed by atoms with E-state index in [1.54, 1.807) is 16.8 Å². The lowest BCUT2D eigenvalue weighted by molar-refractivity contribution is 0.318. The van der Waals surface area contributed by atoms with Gasteiger partial charge in [0, 0.05) is 28.2 Å². The lowest BCUT2D eigenvalue weighted by Gasteiger charge is -2.21. The van der Waals surface area contributed by atoms with Crippen molar-refractivity contribution in [2.45, 2.75) is 6.54 Å². The van der Waals surface area contributed by atoms with Gasteiger partial charge in [-0.2, -0.15) is 0 Å². The highest BCUT2D eigenvalue weighted by molar-refractivity contribution is 9.10. The first-order chi connectivity index (χ1) is 9.11. The molecule has 19 heavy (non-hydrogen) atoms. The minimum Gasteiger partial charge on any atom is -0.409 e. The first-order valence-electron chi connectivity index (χ1n) is 5.47. The summed E-state index contributed by atoms with van der Waals surface area (Å²) in [5.41, 5.74) is 10.1. The van der Waals surface area contributed by atoms with Crippen molar-refractivity contribution in [3.63, 3.8) is 0 Å². The Labute approximate surface area is 123 Å². The van der Waals surface area contributed by atoms with Crippen LogP contribution in [0.15, 0.2) is 38.7 Å². The van der Waals surface area contributed by atoms with Gasteiger partial charge < -0.3 is 15.8 Å². The van der Waals surface area contributed by atoms with Crippen LogP contribution in [0.25, 0.3) is 0 Å². The monoisotopic (exact) mass is 340 g/mol. The minimum atomic E-state index is 0.0847. The van der Waals surface area contributed by atoms with Gasteiger partial charge in [0.2, 0.25) is 0 Å². The molecule has 0 radical (unpaired) electrons. The van der Waals surface area contributed by atoms with E-state index in [9.17, 15) is 0 Å². The van der Waals surface area contributed by atoms with Crippen LogP contribution in [0.5, 0.6) is 0 Å². The number of nitrogens with two attached hydrogens (primary N) is 1. The highest BCUT2D eigenvalue weighted by Crippen LogP contribution is 2.25. The number of hydrogen-bond acceptors (Lipinski definition) is 5. The Hall–Kier alpha value is -1.60. The molecule has 1 aromatic carbocycles. The normalized spacial score (nSPS) is 11.6. The SMILES string of the molecule is CN(Cc1cscn1)c1ccc(Br)cc1/C(N)=N/O. The number of amidine groups is 1. The quantitative estimate of drug-likeness (QED) is 0.388. The third-order valence-corrected chi connectivity index (χ3v) is 3.76. The molecule has 0 aliphatic heterocycles. The van der Waals surface area contributed by atoms with Gasteiger partial charge in [0.25, 0.3) is 0 Å². The number of oxime groups is 1. The molecule has 7 heteroatoms. The number of aromatic nitrogens is 1. The predicted molar refractivity (Wildman–Crippen MR) is 80.9 cm³/mol. The standard InChI is InChI=1S/C12H13BrN4OS/c1-17(5-9-6-19-7-15-9)11-3-2-8(13)4-10(11)12(14)16-18/h2-4,6-7,18H,5H2,1H3,(H2,14,16). The van der Waals surface area contributed by atoms with Gasteiger partial charge in [0.1, 0.15) is 0 Å². The van der Waals surface area contributed by atoms with Gasteiger partial charge in [-0.3, -0.25) is 0 Å². The molecule has 1 heterocycles. The summed E-state index contributed by atoms with van der Waals surface area (Å²) in [6.45, 7) is 0.664. The molecule has 1 aromatic heterocycles. The largest absolute Gasteiger partial charge is 0.409 e. The summed E-state index contributed by atoms with van der Waals surface area (Å²) in [6, 6.07) is 5.66. The summed E-state index contributed by atoms with van der Waals surface area (Å²) in [7, 11) is 1.94. The Balaban J connectivity index is 2.33. The van der Waals surface area contributed by atoms with Crippen molar-refractivity contribution >= 4 is 38.8 Å². The number of rotatable bonds is 4. The van der Waals surface area contributed by atoms with Gasteiger partial charge in [-0.15, -0.1) is 11.3 Å². The van der Waals surface area contributed by atoms with Crippen LogP contribution in [0.3, 0.4) is 0 Å². The summed E-state index contributed by atoms with van der Waals surface area (Å²) in [4.78, 5) is 6.26. The average molecular weight is 341 g/mol. The fourth-order valence-electron chi connectivity index (χ4n) is 1.74. The Morgan fingerprint density at radius 3 is 3.00 bits per heavy atom. The van der Waals surface area contributed by atoms with E-state index in [4.69, 9.17) is 10.9 Å². The summed E-state index contributed by atoms with van der Waals surface area (Å²) in [6.07, 6.45) is 0. The summed E-state index contributed by atoms with van der Waals surface area (Å²) < 4.78 is 0.875. The number of thiazole rings is 1. The molecule has 5 nitrogen and oxygen atoms in total. The first-order valence-corrected chi connectivity index (χ1v) is 7.21. The van der Waals surface area contributed by atoms with Crippen molar-refractivity contribution in [1.29, 1.82) is 0 Å². The maximum absolute atomic E-state index is 8.86. The van der Waals surface area contributed by atoms with E-state index in [1.807, 2.05) is 35.5 Å². The van der Waals surface area contributed by atoms with Gasteiger partial charge in [0.15, 0.2) is 5.84 Å². The second-order valence-electron chi connectivity index (χ2n) is 3.98. The molecule has 0 unspecified atom stereocenters. The molecule has 3 N–H and O–H groups in total. The Kier molecular flexibility index (Phi) is 4.39. The van der Waals surface area contributed by atoms with E-state index in [-0.39, 0.29) is 5.84 Å². The Bertz CT molecular complexity index is 585. The molecule has 0 aliphatic carbocycles. The van der Waals surface area contributed by atoms with Crippen molar-refractivity contribution in [3.8, 4) is 0 Å². The molecular weight excluding hydrogens is 328 g/mol. The van der Waals surface area contributed by atoms with Crippen LogP contribution < -0.4 is 10.6 Å². The average Bonchev–Trinajstić information content (AvgIpc) is 2.90. The molecule has 0 amide bonds. The maximum Gasteiger partial charge on any atom is 0.172 e. The van der Waals surface area contributed by atoms with Crippen LogP contribution in [0, 0.1) is 0 Å². The molecule has 0 saturated heterocycles. The molecule has 2 aromatic rings. The van der Waals surface area contributed by atoms with E-state index in [1.165, 1.54) is 0 Å². The molecule has 100 valence electrons. The number of anilines is 1. The molecule has 0 bridgehead atoms. The predicted octanol–water partition coefficient (Wildman–Crippen LogP) is 2.64. The van der Waals surface area contributed by atoms with E-state index in [2.05, 4.69) is 26.1 Å². The van der Waals surface area contributed by atoms with Gasteiger partial charge >= 0.3 is 0 Å². The summed E-state index contributed by atoms with van der Waals surface area (Å²) >= 11 is 4.94. The minimum absolute atomic E-state index is 0.0847. The second kappa shape index (κ2) is 6.03. The molecule has 2 rings (SSSR count). The fraction of sp³-hybridized carbons (Fsp3) is 0.167. The third-order valence-electron chi connectivity index (χ3n) is 2.64. The second-order valence-corrected chi connectivity index (χ2v) is 5.62. The molecule has 0 fully saturated rings. The van der Waals surface area contributed by atoms with Crippen molar-refractivity contribution in [2.75, 3.05) is 11.9 Å². The van der Waals surface area contributed by atoms with Crippen LogP contribution >= 0.6 is 27.3 Å². The number of nitrogens with zero attached hydrogens (tertiary/aromatic N) is 3. The van der Waals surface area contributed by atoms with Crippen molar-refractivity contribution in [3.05, 3.63) is 44.8 Å². The molecule has 0 aliphatic rings. The van der Waals surface area contributed by atoms with E-state index in [0.717, 1.165) is 15.9 Å². The number of hydrogen-bond donors (Lipinski definition) is 2. The van der Waals surface area contributed by atoms with Crippen LogP contribution in [0.1, 0.15) is 11.3 Å². The summed E-state index contributed by atoms with van der Waals surface area (Å²) in [5, 5.41) is 13.9. The third kappa shape index (κ3) is 3.24. The van der Waals surface area contributed by atoms with Crippen molar-refractivity contribution in [2.24, 2.45) is 10.9 Å². The smallest absolute Gasteiger partial charge is 0.172 e. The Morgan fingerprint density at radius 2 is 2.37 bits per heavy atom. The Morgan fingerprint density at radius 1 is 1.58 bits per heavy atom. The maximum atomic E-state index is 8.86. The van der Waals surface area contributed by atoms with Crippen molar-refractivity contribution in [1.82, 2.24) is 4.98 Å². The first kappa shape index (κ1) is 13.8. The van der Waals surface area contributed by atoms with Crippen LogP contribution in [0.4, 0.5) is 5.69 Å². The van der Waals surface area contributed by atoms with E-state index in [0.29, 0.717) is 12.1 Å². The lowest BCUT2D eigenvalue weighted by Crippen LogP contribution is -2.22. The highest BCUT2D eigenvalue weighted by atomic mass is 79.9. The molecule has 0 spiro atoms. The van der Waals surface area contributed by atoms with Gasteiger partial charge in [-0.25, -0.2) is 4.98 Å². The summed E-state index contributed by atoms with van der Waals surface area (Å²) in [5.74, 6) is 0.0847. The van der Waals surface area contributed by atoms with Crippen molar-refractivity contribution < 1.29 is 5.21 Å². The van der Waals surface area contributed by atoms with E-state index >= 15 is 0 Å². The van der Waals surface area contributed by atoms with Gasteiger partial charge in [-0.1, -0.05) is 21.1 Å². The molecular formula is C12H13BrN4OS. The van der Waals surface area contributed by atoms with Gasteiger partial charge in [0.05, 0.1) is 17.7 Å². The van der Waals surface area contributed by atoms with Crippen LogP contribution in [-0.2, 0) is 6.54 Å². The van der Waals surface area contributed by atoms with Gasteiger partial charge in [-0.05, 0) is 18.2 Å². The number of halogens is 1. The van der Waals surface area contributed by atoms with Crippen LogP contribution in [-0.4, -0.2) is 23.1 Å². The highest BCUT2D eigenvalue weighted by Gasteiger charge is 2.12.